The molecule has 0 unspecified atom stereocenters. The van der Waals surface area contributed by atoms with E-state index in [1.165, 1.54) is 4.90 Å². The molecule has 7 heteroatoms. The molecule has 1 atom stereocenters. The Morgan fingerprint density at radius 2 is 1.76 bits per heavy atom. The fourth-order valence-electron chi connectivity index (χ4n) is 3.54. The summed E-state index contributed by atoms with van der Waals surface area (Å²) in [6.45, 7) is 6.47. The maximum Gasteiger partial charge on any atom is 0.410 e. The van der Waals surface area contributed by atoms with E-state index in [0.717, 1.165) is 19.3 Å². The number of hydrogen-bond donors (Lipinski definition) is 1. The summed E-state index contributed by atoms with van der Waals surface area (Å²) in [5.74, 6) is -1.19. The number of nitrogens with zero attached hydrogens (tertiary/aromatic N) is 1. The van der Waals surface area contributed by atoms with Gasteiger partial charge in [0.25, 0.3) is 0 Å². The van der Waals surface area contributed by atoms with Crippen molar-refractivity contribution in [3.63, 3.8) is 0 Å². The van der Waals surface area contributed by atoms with Crippen molar-refractivity contribution < 1.29 is 24.2 Å². The maximum absolute atomic E-state index is 12.5. The molecule has 2 rings (SSSR count). The minimum Gasteiger partial charge on any atom is -0.550 e. The van der Waals surface area contributed by atoms with Gasteiger partial charge < -0.3 is 20.0 Å². The zero-order valence-electron chi connectivity index (χ0n) is 15.4. The molecule has 0 aromatic rings. The summed E-state index contributed by atoms with van der Waals surface area (Å²) >= 11 is 0. The molecule has 0 aromatic carbocycles. The number of carbonyl (C=O) groups is 3. The highest BCUT2D eigenvalue weighted by Gasteiger charge is 2.36. The van der Waals surface area contributed by atoms with Crippen LogP contribution in [0.2, 0.25) is 0 Å². The molecule has 0 radical (unpaired) electrons. The van der Waals surface area contributed by atoms with Gasteiger partial charge in [0.1, 0.15) is 11.6 Å². The molecule has 1 aliphatic carbocycles. The molecule has 1 saturated carbocycles. The number of likely N-dealkylation sites (tertiary alicyclic amines) is 1. The first-order valence-corrected chi connectivity index (χ1v) is 9.15. The summed E-state index contributed by atoms with van der Waals surface area (Å²) in [6.07, 6.45) is 3.75. The quantitative estimate of drug-likeness (QED) is 0.815. The SMILES string of the molecule is CC(C)(C)OC(=O)N1CCC[C@H]1C(=O)NCC1CCC(C(=O)[O-])CC1. The number of carbonyl (C=O) groups excluding carboxylic acids is 3. The number of carboxylic acid groups (broad SMARTS) is 1. The van der Waals surface area contributed by atoms with Crippen molar-refractivity contribution in [2.24, 2.45) is 11.8 Å². The second-order valence-corrected chi connectivity index (χ2v) is 8.11. The van der Waals surface area contributed by atoms with Crippen molar-refractivity contribution in [3.8, 4) is 0 Å². The molecule has 2 fully saturated rings. The largest absolute Gasteiger partial charge is 0.550 e. The van der Waals surface area contributed by atoms with Gasteiger partial charge >= 0.3 is 6.09 Å². The lowest BCUT2D eigenvalue weighted by Crippen LogP contribution is -2.48. The topological polar surface area (TPSA) is 98.8 Å². The third-order valence-corrected chi connectivity index (χ3v) is 4.93. The number of hydrogen-bond acceptors (Lipinski definition) is 5. The minimum absolute atomic E-state index is 0.148. The molecule has 1 heterocycles. The van der Waals surface area contributed by atoms with Crippen LogP contribution in [0.4, 0.5) is 4.79 Å². The number of ether oxygens (including phenoxy) is 1. The summed E-state index contributed by atoms with van der Waals surface area (Å²) in [6, 6.07) is -0.477. The molecule has 7 nitrogen and oxygen atoms in total. The highest BCUT2D eigenvalue weighted by atomic mass is 16.6. The molecule has 25 heavy (non-hydrogen) atoms. The number of rotatable bonds is 4. The van der Waals surface area contributed by atoms with E-state index >= 15 is 0 Å². The van der Waals surface area contributed by atoms with Gasteiger partial charge in [-0.25, -0.2) is 4.79 Å². The van der Waals surface area contributed by atoms with Crippen molar-refractivity contribution in [1.29, 1.82) is 0 Å². The van der Waals surface area contributed by atoms with Crippen molar-refractivity contribution in [2.75, 3.05) is 13.1 Å². The molecule has 0 aromatic heterocycles. The first kappa shape index (κ1) is 19.5. The van der Waals surface area contributed by atoms with Gasteiger partial charge in [-0.15, -0.1) is 0 Å². The van der Waals surface area contributed by atoms with Gasteiger partial charge in [0.15, 0.2) is 0 Å². The van der Waals surface area contributed by atoms with Crippen molar-refractivity contribution in [2.45, 2.75) is 70.9 Å². The Hall–Kier alpha value is -1.79. The number of aliphatic carboxylic acids is 1. The zero-order chi connectivity index (χ0) is 18.6. The highest BCUT2D eigenvalue weighted by Crippen LogP contribution is 2.28. The monoisotopic (exact) mass is 353 g/mol. The average molecular weight is 353 g/mol. The van der Waals surface area contributed by atoms with Crippen LogP contribution in [0.3, 0.4) is 0 Å². The van der Waals surface area contributed by atoms with Crippen molar-refractivity contribution >= 4 is 18.0 Å². The molecule has 1 saturated heterocycles. The highest BCUT2D eigenvalue weighted by molar-refractivity contribution is 5.86. The van der Waals surface area contributed by atoms with E-state index in [9.17, 15) is 19.5 Å². The van der Waals surface area contributed by atoms with Gasteiger partial charge in [-0.2, -0.15) is 0 Å². The Labute approximate surface area is 149 Å². The van der Waals surface area contributed by atoms with Gasteiger partial charge in [0, 0.05) is 19.1 Å². The van der Waals surface area contributed by atoms with E-state index in [-0.39, 0.29) is 17.7 Å². The molecule has 142 valence electrons. The van der Waals surface area contributed by atoms with Crippen LogP contribution in [0.15, 0.2) is 0 Å². The minimum atomic E-state index is -0.971. The fourth-order valence-corrected chi connectivity index (χ4v) is 3.54. The van der Waals surface area contributed by atoms with Crippen molar-refractivity contribution in [3.05, 3.63) is 0 Å². The molecule has 1 aliphatic heterocycles. The third kappa shape index (κ3) is 5.61. The Bertz CT molecular complexity index is 506. The fraction of sp³-hybridized carbons (Fsp3) is 0.833. The van der Waals surface area contributed by atoms with Crippen LogP contribution in [-0.4, -0.2) is 47.6 Å². The van der Waals surface area contributed by atoms with E-state index in [0.29, 0.717) is 32.4 Å². The van der Waals surface area contributed by atoms with Gasteiger partial charge in [-0.1, -0.05) is 0 Å². The average Bonchev–Trinajstić information content (AvgIpc) is 3.01. The summed E-state index contributed by atoms with van der Waals surface area (Å²) < 4.78 is 5.38. The van der Waals surface area contributed by atoms with E-state index in [2.05, 4.69) is 5.32 Å². The second kappa shape index (κ2) is 8.06. The maximum atomic E-state index is 12.5. The van der Waals surface area contributed by atoms with Crippen LogP contribution in [0, 0.1) is 11.8 Å². The lowest BCUT2D eigenvalue weighted by Gasteiger charge is -2.30. The molecule has 1 N–H and O–H groups in total. The Morgan fingerprint density at radius 1 is 1.12 bits per heavy atom. The standard InChI is InChI=1S/C18H30N2O5/c1-18(2,3)25-17(24)20-10-4-5-14(20)15(21)19-11-12-6-8-13(9-7-12)16(22)23/h12-14H,4-11H2,1-3H3,(H,19,21)(H,22,23)/p-1/t12?,13?,14-/m0/s1. The van der Waals surface area contributed by atoms with E-state index < -0.39 is 23.7 Å². The number of carboxylic acids is 1. The summed E-state index contributed by atoms with van der Waals surface area (Å²) in [5, 5.41) is 13.8. The summed E-state index contributed by atoms with van der Waals surface area (Å²) in [7, 11) is 0. The summed E-state index contributed by atoms with van der Waals surface area (Å²) in [5.41, 5.74) is -0.585. The smallest absolute Gasteiger partial charge is 0.410 e. The Kier molecular flexibility index (Phi) is 6.30. The molecular formula is C18H29N2O5-. The van der Waals surface area contributed by atoms with Crippen LogP contribution in [0.25, 0.3) is 0 Å². The first-order chi connectivity index (χ1) is 11.7. The first-order valence-electron chi connectivity index (χ1n) is 9.15. The third-order valence-electron chi connectivity index (χ3n) is 4.93. The van der Waals surface area contributed by atoms with E-state index in [1.54, 1.807) is 20.8 Å². The predicted octanol–water partition coefficient (Wildman–Crippen LogP) is 1.06. The number of amides is 2. The lowest BCUT2D eigenvalue weighted by atomic mass is 9.82. The van der Waals surface area contributed by atoms with Gasteiger partial charge in [-0.05, 0) is 71.1 Å². The molecular weight excluding hydrogens is 324 g/mol. The van der Waals surface area contributed by atoms with E-state index in [1.807, 2.05) is 0 Å². The van der Waals surface area contributed by atoms with Crippen LogP contribution in [-0.2, 0) is 14.3 Å². The van der Waals surface area contributed by atoms with Gasteiger partial charge in [0.05, 0.1) is 0 Å². The zero-order valence-corrected chi connectivity index (χ0v) is 15.4. The molecule has 0 bridgehead atoms. The molecule has 0 spiro atoms. The molecule has 2 amide bonds. The summed E-state index contributed by atoms with van der Waals surface area (Å²) in [4.78, 5) is 37.1. The Balaban J connectivity index is 1.80. The number of nitrogens with one attached hydrogen (secondary N) is 1. The van der Waals surface area contributed by atoms with Crippen LogP contribution in [0.5, 0.6) is 0 Å². The van der Waals surface area contributed by atoms with E-state index in [4.69, 9.17) is 4.74 Å². The predicted molar refractivity (Wildman–Crippen MR) is 89.4 cm³/mol. The Morgan fingerprint density at radius 3 is 2.32 bits per heavy atom. The van der Waals surface area contributed by atoms with Crippen molar-refractivity contribution in [1.82, 2.24) is 10.2 Å². The van der Waals surface area contributed by atoms with Crippen LogP contribution < -0.4 is 10.4 Å². The lowest BCUT2D eigenvalue weighted by molar-refractivity contribution is -0.312. The van der Waals surface area contributed by atoms with Gasteiger partial charge in [0.2, 0.25) is 5.91 Å². The van der Waals surface area contributed by atoms with Crippen LogP contribution in [0.1, 0.15) is 59.3 Å². The second-order valence-electron chi connectivity index (χ2n) is 8.11. The van der Waals surface area contributed by atoms with Gasteiger partial charge in [-0.3, -0.25) is 9.69 Å². The molecule has 2 aliphatic rings. The normalized spacial score (nSPS) is 27.0. The van der Waals surface area contributed by atoms with Crippen LogP contribution >= 0.6 is 0 Å².